The molecule has 0 unspecified atom stereocenters. The maximum absolute atomic E-state index is 10.8. The Labute approximate surface area is 155 Å². The molecule has 0 aliphatic carbocycles. The molecule has 0 N–H and O–H groups in total. The molecule has 3 rings (SSSR count). The van der Waals surface area contributed by atoms with Gasteiger partial charge in [0.05, 0.1) is 19.9 Å². The summed E-state index contributed by atoms with van der Waals surface area (Å²) in [5, 5.41) is 11.5. The molecule has 0 amide bonds. The summed E-state index contributed by atoms with van der Waals surface area (Å²) in [5.41, 5.74) is 1.04. The summed E-state index contributed by atoms with van der Waals surface area (Å²) >= 11 is 1.24. The van der Waals surface area contributed by atoms with Crippen LogP contribution in [0.5, 0.6) is 5.75 Å². The molecule has 0 saturated heterocycles. The van der Waals surface area contributed by atoms with Crippen LogP contribution in [-0.2, 0) is 17.8 Å². The van der Waals surface area contributed by atoms with E-state index in [2.05, 4.69) is 9.36 Å². The van der Waals surface area contributed by atoms with Crippen LogP contribution < -0.4 is 14.7 Å². The van der Waals surface area contributed by atoms with E-state index in [4.69, 9.17) is 9.15 Å². The second-order valence-corrected chi connectivity index (χ2v) is 6.37. The highest BCUT2D eigenvalue weighted by atomic mass is 32.1. The maximum atomic E-state index is 10.8. The molecule has 2 heterocycles. The molecular formula is C18H18N3O4S-. The van der Waals surface area contributed by atoms with Gasteiger partial charge in [-0.2, -0.15) is 4.37 Å². The van der Waals surface area contributed by atoms with Gasteiger partial charge in [-0.25, -0.2) is 4.98 Å². The Balaban J connectivity index is 1.73. The van der Waals surface area contributed by atoms with Gasteiger partial charge in [0.15, 0.2) is 0 Å². The van der Waals surface area contributed by atoms with Crippen LogP contribution in [0.4, 0.5) is 5.13 Å². The van der Waals surface area contributed by atoms with Gasteiger partial charge in [-0.1, -0.05) is 12.1 Å². The second-order valence-electron chi connectivity index (χ2n) is 5.64. The fourth-order valence-corrected chi connectivity index (χ4v) is 3.18. The van der Waals surface area contributed by atoms with Crippen LogP contribution in [-0.4, -0.2) is 29.0 Å². The quantitative estimate of drug-likeness (QED) is 0.566. The Morgan fingerprint density at radius 1 is 1.35 bits per heavy atom. The van der Waals surface area contributed by atoms with Crippen LogP contribution in [0.25, 0.3) is 0 Å². The number of hydrogen-bond donors (Lipinski definition) is 0. The molecule has 0 bridgehead atoms. The lowest BCUT2D eigenvalue weighted by Crippen LogP contribution is -2.30. The van der Waals surface area contributed by atoms with E-state index in [1.807, 2.05) is 35.2 Å². The third-order valence-electron chi connectivity index (χ3n) is 3.74. The highest BCUT2D eigenvalue weighted by Crippen LogP contribution is 2.22. The highest BCUT2D eigenvalue weighted by molar-refractivity contribution is 7.09. The first kappa shape index (κ1) is 17.9. The van der Waals surface area contributed by atoms with E-state index in [0.717, 1.165) is 17.1 Å². The number of nitrogens with zero attached hydrogens (tertiary/aromatic N) is 3. The topological polar surface area (TPSA) is 91.5 Å². The van der Waals surface area contributed by atoms with Gasteiger partial charge >= 0.3 is 0 Å². The highest BCUT2D eigenvalue weighted by Gasteiger charge is 2.15. The summed E-state index contributed by atoms with van der Waals surface area (Å²) in [6.45, 7) is 0.699. The van der Waals surface area contributed by atoms with Crippen LogP contribution in [0, 0.1) is 0 Å². The van der Waals surface area contributed by atoms with Crippen LogP contribution in [0.15, 0.2) is 47.1 Å². The maximum Gasteiger partial charge on any atom is 0.205 e. The monoisotopic (exact) mass is 372 g/mol. The predicted octanol–water partition coefficient (Wildman–Crippen LogP) is 1.88. The van der Waals surface area contributed by atoms with E-state index in [0.29, 0.717) is 23.9 Å². The molecule has 0 radical (unpaired) electrons. The molecule has 0 spiro atoms. The van der Waals surface area contributed by atoms with Crippen molar-refractivity contribution in [3.05, 3.63) is 59.8 Å². The number of ether oxygens (including phenoxy) is 1. The number of aliphatic carboxylic acids is 1. The lowest BCUT2D eigenvalue weighted by Gasteiger charge is -2.20. The molecule has 26 heavy (non-hydrogen) atoms. The number of hydrogen-bond acceptors (Lipinski definition) is 8. The van der Waals surface area contributed by atoms with Crippen molar-refractivity contribution in [2.45, 2.75) is 19.4 Å². The summed E-state index contributed by atoms with van der Waals surface area (Å²) in [6, 6.07) is 11.4. The molecule has 2 aromatic heterocycles. The smallest absolute Gasteiger partial charge is 0.205 e. The summed E-state index contributed by atoms with van der Waals surface area (Å²) in [6.07, 6.45) is 2.06. The van der Waals surface area contributed by atoms with Gasteiger partial charge in [-0.15, -0.1) is 0 Å². The fourth-order valence-electron chi connectivity index (χ4n) is 2.47. The zero-order valence-corrected chi connectivity index (χ0v) is 15.1. The number of rotatable bonds is 9. The predicted molar refractivity (Wildman–Crippen MR) is 95.1 cm³/mol. The van der Waals surface area contributed by atoms with Crippen molar-refractivity contribution >= 4 is 22.6 Å². The Morgan fingerprint density at radius 3 is 2.96 bits per heavy atom. The number of carbonyl (C=O) groups is 1. The van der Waals surface area contributed by atoms with Crippen molar-refractivity contribution in [3.8, 4) is 5.75 Å². The first-order valence-electron chi connectivity index (χ1n) is 8.06. The van der Waals surface area contributed by atoms with E-state index in [9.17, 15) is 9.90 Å². The third-order valence-corrected chi connectivity index (χ3v) is 4.55. The van der Waals surface area contributed by atoms with Gasteiger partial charge in [0.25, 0.3) is 0 Å². The van der Waals surface area contributed by atoms with Crippen LogP contribution in [0.2, 0.25) is 0 Å². The zero-order chi connectivity index (χ0) is 18.4. The van der Waals surface area contributed by atoms with E-state index < -0.39 is 5.97 Å². The SMILES string of the molecule is COc1cccc(Cc2nsc(N(CCC(=O)[O-])Cc3ccco3)n2)c1. The molecular weight excluding hydrogens is 354 g/mol. The molecule has 0 saturated carbocycles. The van der Waals surface area contributed by atoms with Crippen molar-refractivity contribution in [3.63, 3.8) is 0 Å². The molecule has 0 fully saturated rings. The Hall–Kier alpha value is -2.87. The number of methoxy groups -OCH3 is 1. The largest absolute Gasteiger partial charge is 0.550 e. The lowest BCUT2D eigenvalue weighted by atomic mass is 10.1. The minimum atomic E-state index is -1.10. The molecule has 3 aromatic rings. The van der Waals surface area contributed by atoms with Crippen molar-refractivity contribution in [1.82, 2.24) is 9.36 Å². The number of aromatic nitrogens is 2. The van der Waals surface area contributed by atoms with Gasteiger partial charge < -0.3 is 24.0 Å². The normalized spacial score (nSPS) is 10.7. The molecule has 0 aliphatic heterocycles. The van der Waals surface area contributed by atoms with E-state index in [1.54, 1.807) is 19.4 Å². The van der Waals surface area contributed by atoms with Gasteiger partial charge in [-0.05, 0) is 29.8 Å². The lowest BCUT2D eigenvalue weighted by molar-refractivity contribution is -0.305. The van der Waals surface area contributed by atoms with E-state index in [1.165, 1.54) is 11.5 Å². The van der Waals surface area contributed by atoms with Gasteiger partial charge in [-0.3, -0.25) is 0 Å². The first-order chi connectivity index (χ1) is 12.6. The minimum Gasteiger partial charge on any atom is -0.550 e. The summed E-state index contributed by atoms with van der Waals surface area (Å²) in [4.78, 5) is 17.2. The molecule has 8 heteroatoms. The summed E-state index contributed by atoms with van der Waals surface area (Å²) in [5.74, 6) is 1.09. The van der Waals surface area contributed by atoms with Gasteiger partial charge in [0.2, 0.25) is 5.13 Å². The molecule has 1 aromatic carbocycles. The van der Waals surface area contributed by atoms with Crippen LogP contribution >= 0.6 is 11.5 Å². The Kier molecular flexibility index (Phi) is 5.85. The standard InChI is InChI=1S/C18H19N3O4S/c1-24-14-5-2-4-13(10-14)11-16-19-18(26-20-16)21(8-7-17(22)23)12-15-6-3-9-25-15/h2-6,9-10H,7-8,11-12H2,1H3,(H,22,23)/p-1. The minimum absolute atomic E-state index is 0.0918. The van der Waals surface area contributed by atoms with E-state index >= 15 is 0 Å². The number of furan rings is 1. The Morgan fingerprint density at radius 2 is 2.23 bits per heavy atom. The summed E-state index contributed by atoms with van der Waals surface area (Å²) < 4.78 is 15.0. The van der Waals surface area contributed by atoms with Crippen LogP contribution in [0.3, 0.4) is 0 Å². The number of benzene rings is 1. The average molecular weight is 372 g/mol. The second kappa shape index (κ2) is 8.48. The summed E-state index contributed by atoms with van der Waals surface area (Å²) in [7, 11) is 1.63. The molecule has 7 nitrogen and oxygen atoms in total. The number of carboxylic acid groups (broad SMARTS) is 1. The van der Waals surface area contributed by atoms with E-state index in [-0.39, 0.29) is 13.0 Å². The molecule has 0 aliphatic rings. The van der Waals surface area contributed by atoms with Crippen molar-refractivity contribution < 1.29 is 19.1 Å². The van der Waals surface area contributed by atoms with Gasteiger partial charge in [0, 0.05) is 36.9 Å². The molecule has 136 valence electrons. The average Bonchev–Trinajstić information content (AvgIpc) is 3.30. The Bertz CT molecular complexity index is 848. The van der Waals surface area contributed by atoms with Crippen LogP contribution in [0.1, 0.15) is 23.6 Å². The van der Waals surface area contributed by atoms with Crippen molar-refractivity contribution in [2.75, 3.05) is 18.6 Å². The fraction of sp³-hybridized carbons (Fsp3) is 0.278. The van der Waals surface area contributed by atoms with Gasteiger partial charge in [0.1, 0.15) is 17.3 Å². The first-order valence-corrected chi connectivity index (χ1v) is 8.84. The third kappa shape index (κ3) is 4.82. The number of anilines is 1. The molecule has 0 atom stereocenters. The van der Waals surface area contributed by atoms with Crippen molar-refractivity contribution in [1.29, 1.82) is 0 Å². The number of carboxylic acids is 1. The van der Waals surface area contributed by atoms with Crippen molar-refractivity contribution in [2.24, 2.45) is 0 Å². The zero-order valence-electron chi connectivity index (χ0n) is 14.3. The number of carbonyl (C=O) groups excluding carboxylic acids is 1.